The Morgan fingerprint density at radius 2 is 1.75 bits per heavy atom. The van der Waals surface area contributed by atoms with Crippen LogP contribution in [0.4, 0.5) is 0 Å². The van der Waals surface area contributed by atoms with Gasteiger partial charge in [0.1, 0.15) is 6.04 Å². The summed E-state index contributed by atoms with van der Waals surface area (Å²) in [6.07, 6.45) is 0. The molecule has 1 N–H and O–H groups in total. The normalized spacial score (nSPS) is 13.3. The smallest absolute Gasteiger partial charge is 0.217 e. The third-order valence-electron chi connectivity index (χ3n) is 1.88. The molecular formula is C10H9Cl4NO. The lowest BCUT2D eigenvalue weighted by Gasteiger charge is -2.25. The van der Waals surface area contributed by atoms with Gasteiger partial charge in [0.2, 0.25) is 9.70 Å². The number of amides is 1. The van der Waals surface area contributed by atoms with E-state index in [1.165, 1.54) is 6.92 Å². The van der Waals surface area contributed by atoms with Gasteiger partial charge in [0.15, 0.2) is 0 Å². The number of hydrogen-bond donors (Lipinski definition) is 1. The molecule has 1 amide bonds. The van der Waals surface area contributed by atoms with Gasteiger partial charge in [-0.25, -0.2) is 0 Å². The topological polar surface area (TPSA) is 29.1 Å². The minimum atomic E-state index is -1.61. The van der Waals surface area contributed by atoms with Crippen molar-refractivity contribution in [3.63, 3.8) is 0 Å². The molecule has 2 nitrogen and oxygen atoms in total. The summed E-state index contributed by atoms with van der Waals surface area (Å²) < 4.78 is -1.61. The van der Waals surface area contributed by atoms with Crippen LogP contribution in [0.25, 0.3) is 0 Å². The van der Waals surface area contributed by atoms with Gasteiger partial charge in [-0.1, -0.05) is 58.5 Å². The summed E-state index contributed by atoms with van der Waals surface area (Å²) in [5, 5.41) is 3.16. The number of alkyl halides is 3. The van der Waals surface area contributed by atoms with Gasteiger partial charge in [0.05, 0.1) is 0 Å². The second-order valence-corrected chi connectivity index (χ2v) is 6.03. The Kier molecular flexibility index (Phi) is 4.74. The summed E-state index contributed by atoms with van der Waals surface area (Å²) in [6.45, 7) is 1.36. The molecule has 6 heteroatoms. The van der Waals surface area contributed by atoms with E-state index < -0.39 is 9.83 Å². The van der Waals surface area contributed by atoms with Crippen molar-refractivity contribution in [3.05, 3.63) is 34.9 Å². The molecule has 0 bridgehead atoms. The van der Waals surface area contributed by atoms with E-state index in [1.54, 1.807) is 24.3 Å². The first kappa shape index (κ1) is 13.9. The van der Waals surface area contributed by atoms with Gasteiger partial charge >= 0.3 is 0 Å². The van der Waals surface area contributed by atoms with Crippen LogP contribution in [-0.4, -0.2) is 9.70 Å². The van der Waals surface area contributed by atoms with Crippen molar-refractivity contribution in [1.29, 1.82) is 0 Å². The summed E-state index contributed by atoms with van der Waals surface area (Å²) in [6, 6.07) is 6.03. The lowest BCUT2D eigenvalue weighted by molar-refractivity contribution is -0.119. The number of halogens is 4. The summed E-state index contributed by atoms with van der Waals surface area (Å²) >= 11 is 23.2. The summed E-state index contributed by atoms with van der Waals surface area (Å²) in [7, 11) is 0. The molecule has 0 spiro atoms. The largest absolute Gasteiger partial charge is 0.345 e. The molecule has 88 valence electrons. The molecular weight excluding hydrogens is 292 g/mol. The maximum absolute atomic E-state index is 11.0. The second-order valence-electron chi connectivity index (χ2n) is 3.23. The Bertz CT molecular complexity index is 371. The van der Waals surface area contributed by atoms with E-state index in [4.69, 9.17) is 46.4 Å². The summed E-state index contributed by atoms with van der Waals surface area (Å²) in [5.41, 5.74) is 0.680. The Labute approximate surface area is 114 Å². The van der Waals surface area contributed by atoms with E-state index in [1.807, 2.05) is 0 Å². The third kappa shape index (κ3) is 4.02. The van der Waals surface area contributed by atoms with Crippen LogP contribution in [0.1, 0.15) is 18.5 Å². The molecule has 0 heterocycles. The van der Waals surface area contributed by atoms with Gasteiger partial charge < -0.3 is 5.32 Å². The Hall–Kier alpha value is -0.150. The van der Waals surface area contributed by atoms with Gasteiger partial charge in [-0.15, -0.1) is 0 Å². The molecule has 0 radical (unpaired) electrons. The second kappa shape index (κ2) is 5.46. The van der Waals surface area contributed by atoms with Crippen molar-refractivity contribution >= 4 is 52.3 Å². The average molecular weight is 301 g/mol. The zero-order valence-electron chi connectivity index (χ0n) is 8.31. The number of benzene rings is 1. The fourth-order valence-electron chi connectivity index (χ4n) is 1.21. The highest BCUT2D eigenvalue weighted by Gasteiger charge is 2.34. The van der Waals surface area contributed by atoms with Crippen LogP contribution in [0.5, 0.6) is 0 Å². The third-order valence-corrected chi connectivity index (χ3v) is 2.78. The quantitative estimate of drug-likeness (QED) is 0.825. The van der Waals surface area contributed by atoms with Crippen LogP contribution in [0, 0.1) is 0 Å². The summed E-state index contributed by atoms with van der Waals surface area (Å²) in [4.78, 5) is 11.0. The van der Waals surface area contributed by atoms with Crippen LogP contribution in [0.2, 0.25) is 5.02 Å². The number of carbonyl (C=O) groups is 1. The summed E-state index contributed by atoms with van der Waals surface area (Å²) in [5.74, 6) is -0.272. The monoisotopic (exact) mass is 299 g/mol. The van der Waals surface area contributed by atoms with Gasteiger partial charge in [0.25, 0.3) is 0 Å². The number of nitrogens with one attached hydrogen (secondary N) is 1. The van der Waals surface area contributed by atoms with E-state index in [-0.39, 0.29) is 5.91 Å². The molecule has 0 aliphatic heterocycles. The lowest BCUT2D eigenvalue weighted by Crippen LogP contribution is -2.35. The van der Waals surface area contributed by atoms with Crippen LogP contribution >= 0.6 is 46.4 Å². The molecule has 1 aromatic carbocycles. The predicted octanol–water partition coefficient (Wildman–Crippen LogP) is 3.89. The fraction of sp³-hybridized carbons (Fsp3) is 0.300. The molecule has 0 aliphatic rings. The fourth-order valence-corrected chi connectivity index (χ4v) is 1.88. The van der Waals surface area contributed by atoms with Gasteiger partial charge in [-0.3, -0.25) is 4.79 Å². The molecule has 0 aromatic heterocycles. The van der Waals surface area contributed by atoms with Crippen LogP contribution in [-0.2, 0) is 4.79 Å². The van der Waals surface area contributed by atoms with Crippen LogP contribution in [0.3, 0.4) is 0 Å². The maximum Gasteiger partial charge on any atom is 0.217 e. The van der Waals surface area contributed by atoms with Gasteiger partial charge in [-0.2, -0.15) is 0 Å². The van der Waals surface area contributed by atoms with E-state index >= 15 is 0 Å². The zero-order chi connectivity index (χ0) is 12.3. The molecule has 1 atom stereocenters. The Balaban J connectivity index is 3.01. The maximum atomic E-state index is 11.0. The number of hydrogen-bond acceptors (Lipinski definition) is 1. The Morgan fingerprint density at radius 1 is 1.25 bits per heavy atom. The highest BCUT2D eigenvalue weighted by Crippen LogP contribution is 2.39. The van der Waals surface area contributed by atoms with Crippen molar-refractivity contribution < 1.29 is 4.79 Å². The van der Waals surface area contributed by atoms with Crippen molar-refractivity contribution in [2.45, 2.75) is 16.8 Å². The molecule has 0 aliphatic carbocycles. The van der Waals surface area contributed by atoms with E-state index in [0.29, 0.717) is 10.6 Å². The number of carbonyl (C=O) groups excluding carboxylic acids is 1. The minimum Gasteiger partial charge on any atom is -0.345 e. The van der Waals surface area contributed by atoms with Crippen molar-refractivity contribution in [3.8, 4) is 0 Å². The van der Waals surface area contributed by atoms with Gasteiger partial charge in [0, 0.05) is 11.9 Å². The van der Waals surface area contributed by atoms with Crippen LogP contribution in [0.15, 0.2) is 24.3 Å². The van der Waals surface area contributed by atoms with Crippen LogP contribution < -0.4 is 5.32 Å². The zero-order valence-corrected chi connectivity index (χ0v) is 11.3. The Morgan fingerprint density at radius 3 is 2.12 bits per heavy atom. The van der Waals surface area contributed by atoms with Crippen molar-refractivity contribution in [1.82, 2.24) is 5.32 Å². The SMILES string of the molecule is CC(=O)NC(c1ccc(Cl)cc1)C(Cl)(Cl)Cl. The molecule has 16 heavy (non-hydrogen) atoms. The highest BCUT2D eigenvalue weighted by molar-refractivity contribution is 6.68. The molecule has 1 unspecified atom stereocenters. The molecule has 0 saturated heterocycles. The first-order chi connectivity index (χ1) is 7.30. The highest BCUT2D eigenvalue weighted by atomic mass is 35.6. The molecule has 0 saturated carbocycles. The van der Waals surface area contributed by atoms with Crippen molar-refractivity contribution in [2.75, 3.05) is 0 Å². The van der Waals surface area contributed by atoms with E-state index in [9.17, 15) is 4.79 Å². The van der Waals surface area contributed by atoms with Crippen molar-refractivity contribution in [2.24, 2.45) is 0 Å². The predicted molar refractivity (Wildman–Crippen MR) is 68.3 cm³/mol. The molecule has 1 rings (SSSR count). The van der Waals surface area contributed by atoms with E-state index in [2.05, 4.69) is 5.32 Å². The first-order valence-electron chi connectivity index (χ1n) is 4.40. The van der Waals surface area contributed by atoms with E-state index in [0.717, 1.165) is 0 Å². The molecule has 0 fully saturated rings. The molecule has 1 aromatic rings. The lowest BCUT2D eigenvalue weighted by atomic mass is 10.1. The standard InChI is InChI=1S/C10H9Cl4NO/c1-6(16)15-9(10(12,13)14)7-2-4-8(11)5-3-7/h2-5,9H,1H3,(H,15,16). The first-order valence-corrected chi connectivity index (χ1v) is 5.91. The average Bonchev–Trinajstić information content (AvgIpc) is 2.14. The van der Waals surface area contributed by atoms with Gasteiger partial charge in [-0.05, 0) is 17.7 Å². The minimum absolute atomic E-state index is 0.272. The number of rotatable bonds is 2.